The number of ketones is 1. The van der Waals surface area contributed by atoms with E-state index in [2.05, 4.69) is 5.10 Å². The van der Waals surface area contributed by atoms with Gasteiger partial charge in [0.25, 0.3) is 5.56 Å². The van der Waals surface area contributed by atoms with Gasteiger partial charge in [-0.3, -0.25) is 14.4 Å². The van der Waals surface area contributed by atoms with E-state index in [-0.39, 0.29) is 25.1 Å². The number of nitrogens with zero attached hydrogens (tertiary/aromatic N) is 2. The average molecular weight is 314 g/mol. The molecule has 0 saturated carbocycles. The van der Waals surface area contributed by atoms with Crippen LogP contribution in [0.2, 0.25) is 0 Å². The van der Waals surface area contributed by atoms with Crippen LogP contribution in [0.4, 0.5) is 0 Å². The van der Waals surface area contributed by atoms with Gasteiger partial charge in [0, 0.05) is 11.6 Å². The van der Waals surface area contributed by atoms with E-state index >= 15 is 0 Å². The summed E-state index contributed by atoms with van der Waals surface area (Å²) in [5, 5.41) is 4.23. The average Bonchev–Trinajstić information content (AvgIpc) is 2.50. The van der Waals surface area contributed by atoms with Gasteiger partial charge in [-0.05, 0) is 25.5 Å². The Balaban J connectivity index is 2.22. The minimum atomic E-state index is -0.597. The van der Waals surface area contributed by atoms with Gasteiger partial charge in [-0.1, -0.05) is 24.3 Å². The molecule has 120 valence electrons. The fourth-order valence-electron chi connectivity index (χ4n) is 2.16. The fourth-order valence-corrected chi connectivity index (χ4v) is 2.16. The van der Waals surface area contributed by atoms with Crippen molar-refractivity contribution >= 4 is 11.8 Å². The molecular weight excluding hydrogens is 296 g/mol. The maximum Gasteiger partial charge on any atom is 0.313 e. The summed E-state index contributed by atoms with van der Waals surface area (Å²) in [7, 11) is 0. The van der Waals surface area contributed by atoms with Crippen LogP contribution in [-0.2, 0) is 20.9 Å². The molecule has 0 radical (unpaired) electrons. The van der Waals surface area contributed by atoms with Crippen molar-refractivity contribution in [3.8, 4) is 11.3 Å². The second kappa shape index (κ2) is 7.49. The van der Waals surface area contributed by atoms with Crippen LogP contribution in [0.5, 0.6) is 0 Å². The highest BCUT2D eigenvalue weighted by Crippen LogP contribution is 2.19. The number of aryl methyl sites for hydroxylation is 1. The van der Waals surface area contributed by atoms with Crippen molar-refractivity contribution in [2.24, 2.45) is 0 Å². The van der Waals surface area contributed by atoms with Gasteiger partial charge < -0.3 is 4.74 Å². The molecule has 6 heteroatoms. The van der Waals surface area contributed by atoms with E-state index in [0.29, 0.717) is 5.69 Å². The predicted octanol–water partition coefficient (Wildman–Crippen LogP) is 1.74. The molecule has 6 nitrogen and oxygen atoms in total. The molecule has 1 aromatic carbocycles. The third-order valence-corrected chi connectivity index (χ3v) is 3.26. The Kier molecular flexibility index (Phi) is 5.41. The highest BCUT2D eigenvalue weighted by atomic mass is 16.5. The molecule has 2 rings (SSSR count). The Morgan fingerprint density at radius 2 is 1.91 bits per heavy atom. The predicted molar refractivity (Wildman–Crippen MR) is 84.9 cm³/mol. The summed E-state index contributed by atoms with van der Waals surface area (Å²) in [6.07, 6.45) is -0.365. The smallest absolute Gasteiger partial charge is 0.313 e. The molecule has 0 aliphatic rings. The van der Waals surface area contributed by atoms with Gasteiger partial charge in [-0.15, -0.1) is 0 Å². The number of carbonyl (C=O) groups excluding carboxylic acids is 2. The van der Waals surface area contributed by atoms with Crippen LogP contribution in [0.1, 0.15) is 18.9 Å². The third kappa shape index (κ3) is 4.35. The van der Waals surface area contributed by atoms with Crippen LogP contribution in [0.25, 0.3) is 11.3 Å². The van der Waals surface area contributed by atoms with Gasteiger partial charge in [0.15, 0.2) is 5.78 Å². The second-order valence-electron chi connectivity index (χ2n) is 5.05. The Labute approximate surface area is 133 Å². The van der Waals surface area contributed by atoms with Crippen LogP contribution in [-0.4, -0.2) is 28.1 Å². The topological polar surface area (TPSA) is 78.3 Å². The molecule has 0 N–H and O–H groups in total. The SMILES string of the molecule is CCOC(=O)CC(=O)Cn1nc(-c2ccccc2C)ccc1=O. The van der Waals surface area contributed by atoms with E-state index in [1.807, 2.05) is 31.2 Å². The zero-order chi connectivity index (χ0) is 16.8. The molecule has 0 bridgehead atoms. The first-order valence-electron chi connectivity index (χ1n) is 7.32. The highest BCUT2D eigenvalue weighted by molar-refractivity contribution is 5.95. The summed E-state index contributed by atoms with van der Waals surface area (Å²) >= 11 is 0. The zero-order valence-electron chi connectivity index (χ0n) is 13.1. The summed E-state index contributed by atoms with van der Waals surface area (Å²) in [6, 6.07) is 10.6. The van der Waals surface area contributed by atoms with Crippen molar-refractivity contribution in [3.63, 3.8) is 0 Å². The maximum atomic E-state index is 11.9. The molecule has 0 fully saturated rings. The molecule has 1 aromatic heterocycles. The van der Waals surface area contributed by atoms with Crippen molar-refractivity contribution in [2.75, 3.05) is 6.61 Å². The number of esters is 1. The van der Waals surface area contributed by atoms with Crippen LogP contribution in [0.15, 0.2) is 41.2 Å². The minimum absolute atomic E-state index is 0.215. The van der Waals surface area contributed by atoms with E-state index in [4.69, 9.17) is 4.74 Å². The summed E-state index contributed by atoms with van der Waals surface area (Å²) in [5.41, 5.74) is 2.12. The fraction of sp³-hybridized carbons (Fsp3) is 0.294. The first kappa shape index (κ1) is 16.6. The molecule has 0 saturated heterocycles. The minimum Gasteiger partial charge on any atom is -0.466 e. The van der Waals surface area contributed by atoms with Crippen LogP contribution < -0.4 is 5.56 Å². The molecule has 0 aliphatic heterocycles. The van der Waals surface area contributed by atoms with E-state index in [1.165, 1.54) is 6.07 Å². The van der Waals surface area contributed by atoms with Crippen LogP contribution in [0, 0.1) is 6.92 Å². The second-order valence-corrected chi connectivity index (χ2v) is 5.05. The monoisotopic (exact) mass is 314 g/mol. The van der Waals surface area contributed by atoms with Gasteiger partial charge in [-0.25, -0.2) is 4.68 Å². The largest absolute Gasteiger partial charge is 0.466 e. The molecule has 0 unspecified atom stereocenters. The lowest BCUT2D eigenvalue weighted by molar-refractivity contribution is -0.145. The number of carbonyl (C=O) groups is 2. The Morgan fingerprint density at radius 3 is 2.61 bits per heavy atom. The number of hydrogen-bond acceptors (Lipinski definition) is 5. The van der Waals surface area contributed by atoms with Crippen LogP contribution >= 0.6 is 0 Å². The molecule has 1 heterocycles. The van der Waals surface area contributed by atoms with E-state index in [9.17, 15) is 14.4 Å². The molecule has 0 aliphatic carbocycles. The lowest BCUT2D eigenvalue weighted by atomic mass is 10.1. The van der Waals surface area contributed by atoms with Crippen molar-refractivity contribution in [3.05, 3.63) is 52.3 Å². The number of hydrogen-bond donors (Lipinski definition) is 0. The zero-order valence-corrected chi connectivity index (χ0v) is 13.1. The highest BCUT2D eigenvalue weighted by Gasteiger charge is 2.13. The molecular formula is C17H18N2O4. The summed E-state index contributed by atoms with van der Waals surface area (Å²) in [6.45, 7) is 3.57. The van der Waals surface area contributed by atoms with Gasteiger partial charge in [-0.2, -0.15) is 5.10 Å². The molecule has 0 spiro atoms. The maximum absolute atomic E-state index is 11.9. The molecule has 0 atom stereocenters. The van der Waals surface area contributed by atoms with Crippen molar-refractivity contribution in [1.29, 1.82) is 0 Å². The van der Waals surface area contributed by atoms with Gasteiger partial charge in [0.05, 0.1) is 12.3 Å². The van der Waals surface area contributed by atoms with Crippen molar-refractivity contribution in [1.82, 2.24) is 9.78 Å². The normalized spacial score (nSPS) is 10.3. The summed E-state index contributed by atoms with van der Waals surface area (Å²) in [5.74, 6) is -1.01. The van der Waals surface area contributed by atoms with E-state index < -0.39 is 11.8 Å². The number of aromatic nitrogens is 2. The van der Waals surface area contributed by atoms with Gasteiger partial charge >= 0.3 is 5.97 Å². The van der Waals surface area contributed by atoms with Gasteiger partial charge in [0.1, 0.15) is 13.0 Å². The van der Waals surface area contributed by atoms with E-state index in [1.54, 1.807) is 13.0 Å². The lowest BCUT2D eigenvalue weighted by Gasteiger charge is -2.08. The molecule has 23 heavy (non-hydrogen) atoms. The standard InChI is InChI=1S/C17H18N2O4/c1-3-23-17(22)10-13(20)11-19-16(21)9-8-15(18-19)14-7-5-4-6-12(14)2/h4-9H,3,10-11H2,1-2H3. The number of rotatable bonds is 6. The number of Topliss-reactive ketones (excluding diaryl/α,β-unsaturated/α-hetero) is 1. The number of ether oxygens (including phenoxy) is 1. The van der Waals surface area contributed by atoms with Crippen molar-refractivity contribution in [2.45, 2.75) is 26.8 Å². The summed E-state index contributed by atoms with van der Waals surface area (Å²) < 4.78 is 5.79. The Bertz CT molecular complexity index is 780. The Hall–Kier alpha value is -2.76. The van der Waals surface area contributed by atoms with Crippen molar-refractivity contribution < 1.29 is 14.3 Å². The van der Waals surface area contributed by atoms with Crippen LogP contribution in [0.3, 0.4) is 0 Å². The molecule has 0 amide bonds. The first-order valence-corrected chi connectivity index (χ1v) is 7.32. The molecule has 2 aromatic rings. The first-order chi connectivity index (χ1) is 11.0. The third-order valence-electron chi connectivity index (χ3n) is 3.26. The lowest BCUT2D eigenvalue weighted by Crippen LogP contribution is -2.27. The summed E-state index contributed by atoms with van der Waals surface area (Å²) in [4.78, 5) is 35.0. The number of benzene rings is 1. The quantitative estimate of drug-likeness (QED) is 0.599. The van der Waals surface area contributed by atoms with E-state index in [0.717, 1.165) is 15.8 Å². The Morgan fingerprint density at radius 1 is 1.17 bits per heavy atom. The van der Waals surface area contributed by atoms with Gasteiger partial charge in [0.2, 0.25) is 0 Å².